The van der Waals surface area contributed by atoms with Crippen molar-refractivity contribution in [1.29, 1.82) is 0 Å². The Hall–Kier alpha value is -1.60. The van der Waals surface area contributed by atoms with E-state index in [1.165, 1.54) is 30.0 Å². The molecule has 1 aromatic carbocycles. The van der Waals surface area contributed by atoms with Crippen LogP contribution in [0.1, 0.15) is 19.3 Å². The van der Waals surface area contributed by atoms with E-state index < -0.39 is 11.1 Å². The van der Waals surface area contributed by atoms with E-state index >= 15 is 0 Å². The Labute approximate surface area is 135 Å². The van der Waals surface area contributed by atoms with Crippen molar-refractivity contribution < 1.29 is 14.0 Å². The third-order valence-electron chi connectivity index (χ3n) is 3.20. The van der Waals surface area contributed by atoms with Gasteiger partial charge in [0.25, 0.3) is 0 Å². The standard InChI is InChI=1S/C14H13ClFN3O2S/c15-9-5-8(3-4-10(9)16)17-12(20)6-11-13(21)19-14(22-11)18-7-1-2-7/h3-5,7,11H,1-2,6H2,(H,17,20)(H,18,19,21). The number of amides is 2. The average molecular weight is 342 g/mol. The van der Waals surface area contributed by atoms with Crippen molar-refractivity contribution in [3.8, 4) is 0 Å². The highest BCUT2D eigenvalue weighted by Gasteiger charge is 2.33. The second kappa shape index (κ2) is 6.26. The Balaban J connectivity index is 1.57. The van der Waals surface area contributed by atoms with Crippen LogP contribution in [-0.4, -0.2) is 28.3 Å². The zero-order chi connectivity index (χ0) is 15.7. The molecule has 1 unspecified atom stereocenters. The minimum Gasteiger partial charge on any atom is -0.326 e. The molecule has 2 fully saturated rings. The van der Waals surface area contributed by atoms with Gasteiger partial charge in [0.2, 0.25) is 11.8 Å². The van der Waals surface area contributed by atoms with Crippen molar-refractivity contribution in [3.63, 3.8) is 0 Å². The van der Waals surface area contributed by atoms with E-state index in [-0.39, 0.29) is 23.3 Å². The monoisotopic (exact) mass is 341 g/mol. The fraction of sp³-hybridized carbons (Fsp3) is 0.357. The minimum atomic E-state index is -0.550. The number of aliphatic imine (C=N–C) groups is 1. The number of benzene rings is 1. The summed E-state index contributed by atoms with van der Waals surface area (Å²) in [5, 5.41) is 5.32. The molecule has 0 spiro atoms. The lowest BCUT2D eigenvalue weighted by molar-refractivity contribution is -0.122. The normalized spacial score (nSPS) is 22.7. The lowest BCUT2D eigenvalue weighted by atomic mass is 10.2. The van der Waals surface area contributed by atoms with Crippen LogP contribution in [0.3, 0.4) is 0 Å². The summed E-state index contributed by atoms with van der Waals surface area (Å²) >= 11 is 6.93. The first-order valence-electron chi connectivity index (χ1n) is 6.81. The molecule has 1 aromatic rings. The number of nitrogens with one attached hydrogen (secondary N) is 2. The molecule has 0 radical (unpaired) electrons. The molecule has 2 N–H and O–H groups in total. The SMILES string of the molecule is O=C(CC1SC(=NC2CC2)NC1=O)Nc1ccc(F)c(Cl)c1. The zero-order valence-corrected chi connectivity index (χ0v) is 13.0. The van der Waals surface area contributed by atoms with E-state index in [2.05, 4.69) is 15.6 Å². The summed E-state index contributed by atoms with van der Waals surface area (Å²) in [6.07, 6.45) is 2.13. The van der Waals surface area contributed by atoms with E-state index in [0.29, 0.717) is 16.9 Å². The molecule has 0 bridgehead atoms. The van der Waals surface area contributed by atoms with Crippen LogP contribution in [0.15, 0.2) is 23.2 Å². The van der Waals surface area contributed by atoms with Gasteiger partial charge in [-0.05, 0) is 31.0 Å². The second-order valence-electron chi connectivity index (χ2n) is 5.14. The van der Waals surface area contributed by atoms with Gasteiger partial charge < -0.3 is 10.6 Å². The number of hydrogen-bond acceptors (Lipinski definition) is 4. The molecule has 8 heteroatoms. The molecule has 3 rings (SSSR count). The largest absolute Gasteiger partial charge is 0.326 e. The molecular weight excluding hydrogens is 329 g/mol. The molecule has 2 amide bonds. The molecular formula is C14H13ClFN3O2S. The highest BCUT2D eigenvalue weighted by Crippen LogP contribution is 2.29. The van der Waals surface area contributed by atoms with Gasteiger partial charge in [-0.15, -0.1) is 0 Å². The first-order valence-corrected chi connectivity index (χ1v) is 8.07. The number of carbonyl (C=O) groups is 2. The van der Waals surface area contributed by atoms with Crippen molar-refractivity contribution >= 4 is 46.0 Å². The highest BCUT2D eigenvalue weighted by atomic mass is 35.5. The van der Waals surface area contributed by atoms with Gasteiger partial charge in [-0.25, -0.2) is 4.39 Å². The van der Waals surface area contributed by atoms with E-state index in [4.69, 9.17) is 11.6 Å². The first-order chi connectivity index (χ1) is 10.5. The van der Waals surface area contributed by atoms with E-state index in [1.807, 2.05) is 0 Å². The summed E-state index contributed by atoms with van der Waals surface area (Å²) in [4.78, 5) is 28.1. The lowest BCUT2D eigenvalue weighted by Crippen LogP contribution is -2.28. The first kappa shape index (κ1) is 15.3. The van der Waals surface area contributed by atoms with E-state index in [9.17, 15) is 14.0 Å². The Bertz CT molecular complexity index is 663. The third-order valence-corrected chi connectivity index (χ3v) is 4.58. The van der Waals surface area contributed by atoms with Crippen LogP contribution in [0.25, 0.3) is 0 Å². The molecule has 1 aliphatic heterocycles. The molecule has 1 atom stereocenters. The fourth-order valence-electron chi connectivity index (χ4n) is 1.92. The highest BCUT2D eigenvalue weighted by molar-refractivity contribution is 8.15. The maximum atomic E-state index is 13.1. The van der Waals surface area contributed by atoms with Gasteiger partial charge in [0.05, 0.1) is 11.1 Å². The molecule has 1 aliphatic carbocycles. The van der Waals surface area contributed by atoms with E-state index in [0.717, 1.165) is 12.8 Å². The van der Waals surface area contributed by atoms with Gasteiger partial charge >= 0.3 is 0 Å². The number of rotatable bonds is 4. The number of thioether (sulfide) groups is 1. The molecule has 2 aliphatic rings. The predicted molar refractivity (Wildman–Crippen MR) is 84.6 cm³/mol. The fourth-order valence-corrected chi connectivity index (χ4v) is 3.14. The van der Waals surface area contributed by atoms with Gasteiger partial charge in [0, 0.05) is 12.1 Å². The van der Waals surface area contributed by atoms with Crippen molar-refractivity contribution in [2.45, 2.75) is 30.6 Å². The Morgan fingerprint density at radius 3 is 2.95 bits per heavy atom. The number of halogens is 2. The quantitative estimate of drug-likeness (QED) is 0.884. The van der Waals surface area contributed by atoms with Crippen molar-refractivity contribution in [2.75, 3.05) is 5.32 Å². The Kier molecular flexibility index (Phi) is 4.35. The molecule has 0 aromatic heterocycles. The smallest absolute Gasteiger partial charge is 0.240 e. The zero-order valence-electron chi connectivity index (χ0n) is 11.4. The van der Waals surface area contributed by atoms with Gasteiger partial charge in [0.1, 0.15) is 11.1 Å². The molecule has 116 valence electrons. The van der Waals surface area contributed by atoms with Crippen molar-refractivity contribution in [1.82, 2.24) is 5.32 Å². The van der Waals surface area contributed by atoms with Crippen LogP contribution in [0.4, 0.5) is 10.1 Å². The third kappa shape index (κ3) is 3.78. The number of carbonyl (C=O) groups excluding carboxylic acids is 2. The number of hydrogen-bond donors (Lipinski definition) is 2. The molecule has 1 saturated carbocycles. The number of anilines is 1. The van der Waals surface area contributed by atoms with E-state index in [1.54, 1.807) is 0 Å². The summed E-state index contributed by atoms with van der Waals surface area (Å²) < 4.78 is 13.1. The number of nitrogens with zero attached hydrogens (tertiary/aromatic N) is 1. The number of amidine groups is 1. The molecule has 22 heavy (non-hydrogen) atoms. The summed E-state index contributed by atoms with van der Waals surface area (Å²) in [6, 6.07) is 4.24. The van der Waals surface area contributed by atoms with Crippen molar-refractivity contribution in [2.24, 2.45) is 4.99 Å². The van der Waals surface area contributed by atoms with Crippen LogP contribution in [0, 0.1) is 5.82 Å². The summed E-state index contributed by atoms with van der Waals surface area (Å²) in [6.45, 7) is 0. The van der Waals surface area contributed by atoms with Gasteiger partial charge in [-0.2, -0.15) is 0 Å². The minimum absolute atomic E-state index is 0.0230. The Morgan fingerprint density at radius 2 is 2.27 bits per heavy atom. The van der Waals surface area contributed by atoms with Gasteiger partial charge in [-0.1, -0.05) is 23.4 Å². The molecule has 1 saturated heterocycles. The van der Waals surface area contributed by atoms with Crippen molar-refractivity contribution in [3.05, 3.63) is 29.0 Å². The second-order valence-corrected chi connectivity index (χ2v) is 6.74. The molecule has 5 nitrogen and oxygen atoms in total. The summed E-state index contributed by atoms with van der Waals surface area (Å²) in [5.41, 5.74) is 0.395. The molecule has 1 heterocycles. The van der Waals surface area contributed by atoms with Crippen LogP contribution < -0.4 is 10.6 Å². The predicted octanol–water partition coefficient (Wildman–Crippen LogP) is 2.56. The van der Waals surface area contributed by atoms with Gasteiger partial charge in [-0.3, -0.25) is 14.6 Å². The Morgan fingerprint density at radius 1 is 1.50 bits per heavy atom. The average Bonchev–Trinajstić information content (AvgIpc) is 3.19. The lowest BCUT2D eigenvalue weighted by Gasteiger charge is -2.08. The van der Waals surface area contributed by atoms with Crippen LogP contribution in [-0.2, 0) is 9.59 Å². The maximum absolute atomic E-state index is 13.1. The summed E-state index contributed by atoms with van der Waals surface area (Å²) in [7, 11) is 0. The summed E-state index contributed by atoms with van der Waals surface area (Å²) in [5.74, 6) is -1.09. The topological polar surface area (TPSA) is 70.6 Å². The maximum Gasteiger partial charge on any atom is 0.240 e. The van der Waals surface area contributed by atoms with Crippen LogP contribution in [0.2, 0.25) is 5.02 Å². The van der Waals surface area contributed by atoms with Gasteiger partial charge in [0.15, 0.2) is 5.17 Å². The van der Waals surface area contributed by atoms with Crippen LogP contribution in [0.5, 0.6) is 0 Å². The van der Waals surface area contributed by atoms with Crippen LogP contribution >= 0.6 is 23.4 Å².